The van der Waals surface area contributed by atoms with Crippen LogP contribution in [0.25, 0.3) is 11.0 Å². The van der Waals surface area contributed by atoms with Crippen molar-refractivity contribution in [2.45, 2.75) is 0 Å². The molecule has 0 spiro atoms. The zero-order chi connectivity index (χ0) is 23.5. The summed E-state index contributed by atoms with van der Waals surface area (Å²) in [5, 5.41) is 6.42. The van der Waals surface area contributed by atoms with Crippen molar-refractivity contribution in [2.75, 3.05) is 36.4 Å². The van der Waals surface area contributed by atoms with Crippen LogP contribution in [0.1, 0.15) is 10.4 Å². The van der Waals surface area contributed by atoms with Gasteiger partial charge >= 0.3 is 0 Å². The highest BCUT2D eigenvalue weighted by Gasteiger charge is 2.14. The second kappa shape index (κ2) is 9.62. The number of anilines is 2. The van der Waals surface area contributed by atoms with Crippen LogP contribution in [-0.4, -0.2) is 42.1 Å². The molecule has 1 saturated heterocycles. The summed E-state index contributed by atoms with van der Waals surface area (Å²) in [4.78, 5) is 23.7. The predicted molar refractivity (Wildman–Crippen MR) is 130 cm³/mol. The van der Waals surface area contributed by atoms with Crippen LogP contribution in [0.3, 0.4) is 0 Å². The molecule has 34 heavy (non-hydrogen) atoms. The van der Waals surface area contributed by atoms with E-state index in [1.165, 1.54) is 12.1 Å². The summed E-state index contributed by atoms with van der Waals surface area (Å²) in [7, 11) is 0. The number of amides is 1. The van der Waals surface area contributed by atoms with Crippen molar-refractivity contribution in [1.82, 2.24) is 15.3 Å². The molecule has 2 heterocycles. The van der Waals surface area contributed by atoms with E-state index in [9.17, 15) is 9.18 Å². The van der Waals surface area contributed by atoms with Gasteiger partial charge in [0.15, 0.2) is 11.6 Å². The van der Waals surface area contributed by atoms with Crippen LogP contribution in [0, 0.1) is 5.82 Å². The first kappa shape index (κ1) is 22.1. The molecule has 172 valence electrons. The van der Waals surface area contributed by atoms with E-state index >= 15 is 0 Å². The summed E-state index contributed by atoms with van der Waals surface area (Å²) in [5.41, 5.74) is 2.08. The smallest absolute Gasteiger partial charge is 0.255 e. The average molecular weight is 478 g/mol. The molecule has 0 bridgehead atoms. The molecule has 1 aliphatic heterocycles. The molecule has 0 aliphatic carbocycles. The third-order valence-corrected chi connectivity index (χ3v) is 5.68. The van der Waals surface area contributed by atoms with Gasteiger partial charge in [0, 0.05) is 54.6 Å². The molecule has 5 rings (SSSR count). The number of rotatable bonds is 5. The van der Waals surface area contributed by atoms with E-state index in [2.05, 4.69) is 20.5 Å². The molecule has 4 aromatic rings. The fourth-order valence-electron chi connectivity index (χ4n) is 3.71. The Hall–Kier alpha value is -3.75. The number of aromatic nitrogens is 2. The molecule has 1 amide bonds. The SMILES string of the molecule is O=C(Nc1ccc(Oc2ccc3ncc(N4CCNCC4)nc3c2)c(F)c1)c1cccc(Cl)c1. The van der Waals surface area contributed by atoms with Crippen molar-refractivity contribution < 1.29 is 13.9 Å². The number of halogens is 2. The van der Waals surface area contributed by atoms with E-state index in [1.807, 2.05) is 0 Å². The van der Waals surface area contributed by atoms with Gasteiger partial charge in [-0.2, -0.15) is 0 Å². The van der Waals surface area contributed by atoms with Gasteiger partial charge in [0.2, 0.25) is 0 Å². The minimum Gasteiger partial charge on any atom is -0.454 e. The Morgan fingerprint density at radius 1 is 1.06 bits per heavy atom. The summed E-state index contributed by atoms with van der Waals surface area (Å²) < 4.78 is 20.5. The van der Waals surface area contributed by atoms with Crippen LogP contribution in [0.5, 0.6) is 11.5 Å². The Kier molecular flexibility index (Phi) is 6.24. The van der Waals surface area contributed by atoms with Crippen molar-refractivity contribution >= 4 is 40.0 Å². The van der Waals surface area contributed by atoms with E-state index < -0.39 is 5.82 Å². The van der Waals surface area contributed by atoms with Gasteiger partial charge in [-0.05, 0) is 42.5 Å². The maximum absolute atomic E-state index is 14.7. The third-order valence-electron chi connectivity index (χ3n) is 5.45. The van der Waals surface area contributed by atoms with Crippen LogP contribution in [0.4, 0.5) is 15.9 Å². The Labute approximate surface area is 200 Å². The van der Waals surface area contributed by atoms with E-state index in [1.54, 1.807) is 54.7 Å². The Morgan fingerprint density at radius 3 is 2.71 bits per heavy atom. The van der Waals surface area contributed by atoms with E-state index in [-0.39, 0.29) is 11.7 Å². The lowest BCUT2D eigenvalue weighted by atomic mass is 10.2. The molecule has 0 atom stereocenters. The maximum atomic E-state index is 14.7. The summed E-state index contributed by atoms with van der Waals surface area (Å²) in [6.45, 7) is 3.53. The molecule has 1 aliphatic rings. The molecule has 0 radical (unpaired) electrons. The van der Waals surface area contributed by atoms with Crippen LogP contribution >= 0.6 is 11.6 Å². The van der Waals surface area contributed by atoms with Crippen LogP contribution < -0.4 is 20.3 Å². The minimum absolute atomic E-state index is 0.0336. The first-order valence-corrected chi connectivity index (χ1v) is 11.2. The van der Waals surface area contributed by atoms with Crippen molar-refractivity contribution in [3.8, 4) is 11.5 Å². The monoisotopic (exact) mass is 477 g/mol. The molecular formula is C25H21ClFN5O2. The second-order valence-corrected chi connectivity index (χ2v) is 8.26. The lowest BCUT2D eigenvalue weighted by molar-refractivity contribution is 0.102. The van der Waals surface area contributed by atoms with E-state index in [0.29, 0.717) is 27.5 Å². The molecule has 1 aromatic heterocycles. The molecule has 0 unspecified atom stereocenters. The standard InChI is InChI=1S/C25H21ClFN5O2/c26-17-3-1-2-16(12-17)25(33)30-18-4-7-23(20(27)13-18)34-19-5-6-21-22(14-19)31-24(15-29-21)32-10-8-28-9-11-32/h1-7,12-15,28H,8-11H2,(H,30,33). The summed E-state index contributed by atoms with van der Waals surface area (Å²) >= 11 is 5.93. The highest BCUT2D eigenvalue weighted by atomic mass is 35.5. The van der Waals surface area contributed by atoms with Gasteiger partial charge in [-0.25, -0.2) is 9.37 Å². The van der Waals surface area contributed by atoms with Gasteiger partial charge in [-0.15, -0.1) is 0 Å². The predicted octanol–water partition coefficient (Wildman–Crippen LogP) is 4.88. The van der Waals surface area contributed by atoms with Gasteiger partial charge in [0.1, 0.15) is 11.6 Å². The number of carbonyl (C=O) groups excluding carboxylic acids is 1. The van der Waals surface area contributed by atoms with Gasteiger partial charge in [0.25, 0.3) is 5.91 Å². The van der Waals surface area contributed by atoms with Crippen LogP contribution in [-0.2, 0) is 0 Å². The topological polar surface area (TPSA) is 79.4 Å². The summed E-state index contributed by atoms with van der Waals surface area (Å²) in [6, 6.07) is 16.0. The van der Waals surface area contributed by atoms with Gasteiger partial charge in [0.05, 0.1) is 17.2 Å². The average Bonchev–Trinajstić information content (AvgIpc) is 2.86. The Bertz CT molecular complexity index is 1360. The third kappa shape index (κ3) is 4.93. The number of ether oxygens (including phenoxy) is 1. The first-order valence-electron chi connectivity index (χ1n) is 10.8. The Morgan fingerprint density at radius 2 is 1.91 bits per heavy atom. The van der Waals surface area contributed by atoms with Crippen LogP contribution in [0.15, 0.2) is 66.9 Å². The fourth-order valence-corrected chi connectivity index (χ4v) is 3.90. The number of carbonyl (C=O) groups is 1. The molecule has 3 aromatic carbocycles. The van der Waals surface area contributed by atoms with Crippen LogP contribution in [0.2, 0.25) is 5.02 Å². The number of hydrogen-bond donors (Lipinski definition) is 2. The quantitative estimate of drug-likeness (QED) is 0.426. The first-order chi connectivity index (χ1) is 16.5. The van der Waals surface area contributed by atoms with E-state index in [0.717, 1.165) is 37.5 Å². The molecule has 7 nitrogen and oxygen atoms in total. The molecule has 9 heteroatoms. The lowest BCUT2D eigenvalue weighted by Crippen LogP contribution is -2.43. The Balaban J connectivity index is 1.32. The van der Waals surface area contributed by atoms with Crippen molar-refractivity contribution in [3.63, 3.8) is 0 Å². The molecule has 0 saturated carbocycles. The minimum atomic E-state index is -0.607. The summed E-state index contributed by atoms with van der Waals surface area (Å²) in [6.07, 6.45) is 1.77. The largest absolute Gasteiger partial charge is 0.454 e. The number of piperazine rings is 1. The van der Waals surface area contributed by atoms with Crippen molar-refractivity contribution in [3.05, 3.63) is 83.3 Å². The highest BCUT2D eigenvalue weighted by molar-refractivity contribution is 6.31. The zero-order valence-electron chi connectivity index (χ0n) is 18.1. The van der Waals surface area contributed by atoms with Gasteiger partial charge < -0.3 is 20.3 Å². The second-order valence-electron chi connectivity index (χ2n) is 7.83. The highest BCUT2D eigenvalue weighted by Crippen LogP contribution is 2.29. The normalized spacial score (nSPS) is 13.6. The molecule has 1 fully saturated rings. The summed E-state index contributed by atoms with van der Waals surface area (Å²) in [5.74, 6) is 0.283. The molecule has 2 N–H and O–H groups in total. The zero-order valence-corrected chi connectivity index (χ0v) is 18.8. The van der Waals surface area contributed by atoms with Crippen molar-refractivity contribution in [2.24, 2.45) is 0 Å². The lowest BCUT2D eigenvalue weighted by Gasteiger charge is -2.28. The number of nitrogens with zero attached hydrogens (tertiary/aromatic N) is 3. The number of hydrogen-bond acceptors (Lipinski definition) is 6. The number of fused-ring (bicyclic) bond motifs is 1. The number of nitrogens with one attached hydrogen (secondary N) is 2. The molecular weight excluding hydrogens is 457 g/mol. The van der Waals surface area contributed by atoms with Gasteiger partial charge in [-0.1, -0.05) is 17.7 Å². The number of benzene rings is 3. The maximum Gasteiger partial charge on any atom is 0.255 e. The van der Waals surface area contributed by atoms with Crippen molar-refractivity contribution in [1.29, 1.82) is 0 Å². The van der Waals surface area contributed by atoms with E-state index in [4.69, 9.17) is 21.3 Å². The van der Waals surface area contributed by atoms with Gasteiger partial charge in [-0.3, -0.25) is 9.78 Å². The fraction of sp³-hybridized carbons (Fsp3) is 0.160.